The van der Waals surface area contributed by atoms with Crippen LogP contribution in [0.2, 0.25) is 0 Å². The zero-order valence-corrected chi connectivity index (χ0v) is 6.63. The van der Waals surface area contributed by atoms with E-state index in [0.29, 0.717) is 12.5 Å². The van der Waals surface area contributed by atoms with Crippen molar-refractivity contribution >= 4 is 0 Å². The molecule has 0 aromatic heterocycles. The van der Waals surface area contributed by atoms with Crippen molar-refractivity contribution in [2.45, 2.75) is 19.8 Å². The molecule has 0 unspecified atom stereocenters. The average molecular weight is 152 g/mol. The molecule has 11 heavy (non-hydrogen) atoms. The van der Waals surface area contributed by atoms with Crippen molar-refractivity contribution in [3.8, 4) is 0 Å². The Bertz CT molecular complexity index is 206. The molecule has 0 bridgehead atoms. The van der Waals surface area contributed by atoms with Gasteiger partial charge in [-0.25, -0.2) is 5.53 Å². The lowest BCUT2D eigenvalue weighted by molar-refractivity contribution is 0.230. The van der Waals surface area contributed by atoms with Gasteiger partial charge < -0.3 is 4.74 Å². The highest BCUT2D eigenvalue weighted by molar-refractivity contribution is 5.24. The van der Waals surface area contributed by atoms with Crippen LogP contribution in [0.3, 0.4) is 0 Å². The SMILES string of the molecule is CCCC1=C(N=N)OCC=C1. The van der Waals surface area contributed by atoms with Gasteiger partial charge in [-0.1, -0.05) is 19.4 Å². The summed E-state index contributed by atoms with van der Waals surface area (Å²) in [4.78, 5) is 0. The Morgan fingerprint density at radius 2 is 2.55 bits per heavy atom. The summed E-state index contributed by atoms with van der Waals surface area (Å²) in [6, 6.07) is 0. The molecular weight excluding hydrogens is 140 g/mol. The predicted molar refractivity (Wildman–Crippen MR) is 42.2 cm³/mol. The van der Waals surface area contributed by atoms with E-state index in [1.807, 2.05) is 12.2 Å². The smallest absolute Gasteiger partial charge is 0.236 e. The molecule has 0 aromatic rings. The van der Waals surface area contributed by atoms with Crippen LogP contribution < -0.4 is 0 Å². The molecular formula is C8H12N2O. The van der Waals surface area contributed by atoms with Crippen molar-refractivity contribution in [2.75, 3.05) is 6.61 Å². The van der Waals surface area contributed by atoms with Crippen molar-refractivity contribution in [3.05, 3.63) is 23.6 Å². The second-order valence-corrected chi connectivity index (χ2v) is 2.41. The molecule has 1 heterocycles. The standard InChI is InChI=1S/C8H12N2O/c1-2-4-7-5-3-6-11-8(7)10-9/h3,5,9H,2,4,6H2,1H3. The van der Waals surface area contributed by atoms with E-state index in [1.165, 1.54) is 0 Å². The Balaban J connectivity index is 2.73. The number of ether oxygens (including phenoxy) is 1. The molecule has 0 fully saturated rings. The minimum atomic E-state index is 0.481. The molecule has 1 rings (SSSR count). The van der Waals surface area contributed by atoms with Gasteiger partial charge in [0.15, 0.2) is 0 Å². The van der Waals surface area contributed by atoms with E-state index in [4.69, 9.17) is 10.3 Å². The molecule has 0 saturated carbocycles. The fraction of sp³-hybridized carbons (Fsp3) is 0.500. The van der Waals surface area contributed by atoms with Gasteiger partial charge >= 0.3 is 0 Å². The lowest BCUT2D eigenvalue weighted by atomic mass is 10.1. The number of allylic oxidation sites excluding steroid dienone is 2. The average Bonchev–Trinajstić information content (AvgIpc) is 2.06. The lowest BCUT2D eigenvalue weighted by Crippen LogP contribution is -1.99. The first-order chi connectivity index (χ1) is 5.38. The number of rotatable bonds is 3. The van der Waals surface area contributed by atoms with Gasteiger partial charge in [0, 0.05) is 5.57 Å². The van der Waals surface area contributed by atoms with Crippen molar-refractivity contribution in [1.82, 2.24) is 0 Å². The van der Waals surface area contributed by atoms with Crippen molar-refractivity contribution < 1.29 is 4.74 Å². The van der Waals surface area contributed by atoms with Gasteiger partial charge in [0.05, 0.1) is 0 Å². The van der Waals surface area contributed by atoms with Gasteiger partial charge in [-0.2, -0.15) is 0 Å². The minimum Gasteiger partial charge on any atom is -0.472 e. The molecule has 3 heteroatoms. The van der Waals surface area contributed by atoms with Crippen LogP contribution in [0.15, 0.2) is 28.7 Å². The van der Waals surface area contributed by atoms with E-state index in [9.17, 15) is 0 Å². The fourth-order valence-corrected chi connectivity index (χ4v) is 1.05. The molecule has 0 amide bonds. The number of hydrogen-bond donors (Lipinski definition) is 1. The van der Waals surface area contributed by atoms with E-state index in [1.54, 1.807) is 0 Å². The van der Waals surface area contributed by atoms with Gasteiger partial charge in [0.1, 0.15) is 6.61 Å². The summed E-state index contributed by atoms with van der Waals surface area (Å²) in [6.45, 7) is 2.64. The molecule has 1 aliphatic heterocycles. The zero-order valence-electron chi connectivity index (χ0n) is 6.63. The largest absolute Gasteiger partial charge is 0.472 e. The highest BCUT2D eigenvalue weighted by atomic mass is 16.5. The Morgan fingerprint density at radius 1 is 1.73 bits per heavy atom. The van der Waals surface area contributed by atoms with E-state index in [-0.39, 0.29) is 0 Å². The van der Waals surface area contributed by atoms with Gasteiger partial charge in [0.25, 0.3) is 0 Å². The van der Waals surface area contributed by atoms with Crippen LogP contribution >= 0.6 is 0 Å². The molecule has 60 valence electrons. The van der Waals surface area contributed by atoms with Crippen LogP contribution in [-0.2, 0) is 4.74 Å². The number of nitrogens with zero attached hydrogens (tertiary/aromatic N) is 1. The highest BCUT2D eigenvalue weighted by Gasteiger charge is 2.06. The first-order valence-corrected chi connectivity index (χ1v) is 3.78. The van der Waals surface area contributed by atoms with E-state index >= 15 is 0 Å². The summed E-state index contributed by atoms with van der Waals surface area (Å²) in [6.07, 6.45) is 5.93. The molecule has 0 radical (unpaired) electrons. The highest BCUT2D eigenvalue weighted by Crippen LogP contribution is 2.18. The lowest BCUT2D eigenvalue weighted by Gasteiger charge is -2.10. The van der Waals surface area contributed by atoms with Gasteiger partial charge in [0.2, 0.25) is 5.88 Å². The Morgan fingerprint density at radius 3 is 3.18 bits per heavy atom. The first-order valence-electron chi connectivity index (χ1n) is 3.78. The third-order valence-electron chi connectivity index (χ3n) is 1.53. The van der Waals surface area contributed by atoms with Gasteiger partial charge in [-0.15, -0.1) is 5.11 Å². The van der Waals surface area contributed by atoms with E-state index < -0.39 is 0 Å². The van der Waals surface area contributed by atoms with Crippen LogP contribution in [0, 0.1) is 5.53 Å². The van der Waals surface area contributed by atoms with E-state index in [0.717, 1.165) is 18.4 Å². The quantitative estimate of drug-likeness (QED) is 0.621. The van der Waals surface area contributed by atoms with Crippen molar-refractivity contribution in [2.24, 2.45) is 5.11 Å². The van der Waals surface area contributed by atoms with Crippen LogP contribution in [0.25, 0.3) is 0 Å². The fourth-order valence-electron chi connectivity index (χ4n) is 1.05. The van der Waals surface area contributed by atoms with Crippen LogP contribution in [-0.4, -0.2) is 6.61 Å². The van der Waals surface area contributed by atoms with E-state index in [2.05, 4.69) is 12.0 Å². The molecule has 0 spiro atoms. The molecule has 1 aliphatic rings. The maximum atomic E-state index is 6.81. The molecule has 0 atom stereocenters. The molecule has 0 saturated heterocycles. The number of nitrogens with one attached hydrogen (secondary N) is 1. The molecule has 0 aromatic carbocycles. The van der Waals surface area contributed by atoms with Gasteiger partial charge in [-0.05, 0) is 12.5 Å². The summed E-state index contributed by atoms with van der Waals surface area (Å²) >= 11 is 0. The van der Waals surface area contributed by atoms with Crippen molar-refractivity contribution in [3.63, 3.8) is 0 Å². The summed E-state index contributed by atoms with van der Waals surface area (Å²) < 4.78 is 5.13. The topological polar surface area (TPSA) is 45.4 Å². The van der Waals surface area contributed by atoms with Crippen LogP contribution in [0.1, 0.15) is 19.8 Å². The second-order valence-electron chi connectivity index (χ2n) is 2.41. The Hall–Kier alpha value is -1.12. The monoisotopic (exact) mass is 152 g/mol. The summed E-state index contributed by atoms with van der Waals surface area (Å²) in [5.41, 5.74) is 7.85. The predicted octanol–water partition coefficient (Wildman–Crippen LogP) is 2.62. The summed E-state index contributed by atoms with van der Waals surface area (Å²) in [5, 5.41) is 3.30. The third kappa shape index (κ3) is 1.90. The van der Waals surface area contributed by atoms with Gasteiger partial charge in [-0.3, -0.25) is 0 Å². The summed E-state index contributed by atoms with van der Waals surface area (Å²) in [7, 11) is 0. The Kier molecular flexibility index (Phi) is 2.83. The maximum Gasteiger partial charge on any atom is 0.236 e. The third-order valence-corrected chi connectivity index (χ3v) is 1.53. The normalized spacial score (nSPS) is 16.5. The minimum absolute atomic E-state index is 0.481. The molecule has 0 aliphatic carbocycles. The summed E-state index contributed by atoms with van der Waals surface area (Å²) in [5.74, 6) is 0.481. The van der Waals surface area contributed by atoms with Crippen LogP contribution in [0.5, 0.6) is 0 Å². The Labute approximate surface area is 66.3 Å². The number of hydrogen-bond acceptors (Lipinski definition) is 3. The molecule has 3 nitrogen and oxygen atoms in total. The first kappa shape index (κ1) is 7.98. The molecule has 1 N–H and O–H groups in total. The van der Waals surface area contributed by atoms with Crippen LogP contribution in [0.4, 0.5) is 0 Å². The maximum absolute atomic E-state index is 6.81. The zero-order chi connectivity index (χ0) is 8.10. The van der Waals surface area contributed by atoms with Crippen molar-refractivity contribution in [1.29, 1.82) is 5.53 Å². The second kappa shape index (κ2) is 3.91.